The highest BCUT2D eigenvalue weighted by molar-refractivity contribution is 5.83. The predicted molar refractivity (Wildman–Crippen MR) is 53.7 cm³/mol. The van der Waals surface area contributed by atoms with Crippen molar-refractivity contribution in [3.05, 3.63) is 29.8 Å². The maximum absolute atomic E-state index is 9.33. The second-order valence-electron chi connectivity index (χ2n) is 2.89. The smallest absolute Gasteiger partial charge is 0.124 e. The molecule has 0 unspecified atom stereocenters. The lowest BCUT2D eigenvalue weighted by Crippen LogP contribution is -2.15. The molecule has 1 aromatic carbocycles. The van der Waals surface area contributed by atoms with Crippen molar-refractivity contribution in [2.75, 3.05) is 13.2 Å². The predicted octanol–water partition coefficient (Wildman–Crippen LogP) is 0.164. The Morgan fingerprint density at radius 2 is 2.07 bits per heavy atom. The summed E-state index contributed by atoms with van der Waals surface area (Å²) in [6.07, 6.45) is 0.630. The molecule has 1 atom stereocenters. The molecular weight excluding hydrogens is 182 g/mol. The first-order chi connectivity index (χ1) is 6.74. The maximum atomic E-state index is 9.33. The number of rotatable bonds is 4. The summed E-state index contributed by atoms with van der Waals surface area (Å²) in [6, 6.07) is 6.77. The summed E-state index contributed by atoms with van der Waals surface area (Å²) in [5, 5.41) is 26.8. The van der Waals surface area contributed by atoms with Crippen LogP contribution in [0.1, 0.15) is 5.56 Å². The van der Waals surface area contributed by atoms with Crippen molar-refractivity contribution < 1.29 is 15.3 Å². The number of aliphatic imine (C=N–C) groups is 1. The minimum absolute atomic E-state index is 0.130. The molecule has 0 aromatic heterocycles. The van der Waals surface area contributed by atoms with Gasteiger partial charge >= 0.3 is 0 Å². The van der Waals surface area contributed by atoms with Crippen LogP contribution in [0.2, 0.25) is 0 Å². The summed E-state index contributed by atoms with van der Waals surface area (Å²) in [7, 11) is 0. The van der Waals surface area contributed by atoms with Crippen molar-refractivity contribution in [3.8, 4) is 5.75 Å². The van der Waals surface area contributed by atoms with E-state index in [4.69, 9.17) is 10.2 Å². The Balaban J connectivity index is 2.56. The van der Waals surface area contributed by atoms with Gasteiger partial charge in [0.05, 0.1) is 19.3 Å². The standard InChI is InChI=1S/C10H13NO3/c12-7-9(13)6-11-5-8-3-1-2-4-10(8)14/h1-5,9,12-14H,6-7H2/t9-/m1/s1. The number of phenolic OH excluding ortho intramolecular Hbond substituents is 1. The number of aliphatic hydroxyl groups excluding tert-OH is 2. The van der Waals surface area contributed by atoms with Crippen LogP contribution in [-0.4, -0.2) is 40.8 Å². The Morgan fingerprint density at radius 1 is 1.36 bits per heavy atom. The van der Waals surface area contributed by atoms with E-state index >= 15 is 0 Å². The lowest BCUT2D eigenvalue weighted by atomic mass is 10.2. The third kappa shape index (κ3) is 3.16. The van der Waals surface area contributed by atoms with Crippen molar-refractivity contribution in [3.63, 3.8) is 0 Å². The Bertz CT molecular complexity index is 312. The third-order valence-corrected chi connectivity index (χ3v) is 1.69. The Kier molecular flexibility index (Phi) is 4.10. The molecule has 14 heavy (non-hydrogen) atoms. The zero-order valence-corrected chi connectivity index (χ0v) is 7.67. The zero-order chi connectivity index (χ0) is 10.4. The molecule has 1 rings (SSSR count). The monoisotopic (exact) mass is 195 g/mol. The SMILES string of the molecule is OC[C@H](O)CN=Cc1ccccc1O. The second kappa shape index (κ2) is 5.36. The van der Waals surface area contributed by atoms with E-state index in [1.165, 1.54) is 6.21 Å². The highest BCUT2D eigenvalue weighted by atomic mass is 16.3. The summed E-state index contributed by atoms with van der Waals surface area (Å²) in [5.41, 5.74) is 0.595. The van der Waals surface area contributed by atoms with Crippen LogP contribution in [0.5, 0.6) is 5.75 Å². The maximum Gasteiger partial charge on any atom is 0.124 e. The van der Waals surface area contributed by atoms with E-state index in [1.807, 2.05) is 0 Å². The van der Waals surface area contributed by atoms with Gasteiger partial charge in [0.25, 0.3) is 0 Å². The van der Waals surface area contributed by atoms with Crippen LogP contribution in [0.25, 0.3) is 0 Å². The fraction of sp³-hybridized carbons (Fsp3) is 0.300. The van der Waals surface area contributed by atoms with Crippen molar-refractivity contribution in [1.29, 1.82) is 0 Å². The summed E-state index contributed by atoms with van der Waals surface area (Å²) in [4.78, 5) is 3.88. The Hall–Kier alpha value is -1.39. The van der Waals surface area contributed by atoms with Gasteiger partial charge in [0.1, 0.15) is 5.75 Å². The van der Waals surface area contributed by atoms with E-state index in [0.29, 0.717) is 5.56 Å². The molecule has 0 radical (unpaired) electrons. The molecule has 0 bridgehead atoms. The van der Waals surface area contributed by atoms with Gasteiger partial charge in [-0.15, -0.1) is 0 Å². The number of aromatic hydroxyl groups is 1. The summed E-state index contributed by atoms with van der Waals surface area (Å²) < 4.78 is 0. The normalized spacial score (nSPS) is 13.3. The van der Waals surface area contributed by atoms with Crippen molar-refractivity contribution in [2.45, 2.75) is 6.10 Å². The molecule has 0 fully saturated rings. The minimum atomic E-state index is -0.836. The van der Waals surface area contributed by atoms with Gasteiger partial charge in [-0.1, -0.05) is 12.1 Å². The highest BCUT2D eigenvalue weighted by Gasteiger charge is 1.99. The number of phenols is 1. The molecule has 3 N–H and O–H groups in total. The van der Waals surface area contributed by atoms with E-state index in [0.717, 1.165) is 0 Å². The van der Waals surface area contributed by atoms with Crippen LogP contribution >= 0.6 is 0 Å². The van der Waals surface area contributed by atoms with Gasteiger partial charge in [-0.3, -0.25) is 4.99 Å². The lowest BCUT2D eigenvalue weighted by molar-refractivity contribution is 0.102. The molecule has 1 aromatic rings. The average molecular weight is 195 g/mol. The van der Waals surface area contributed by atoms with Crippen molar-refractivity contribution >= 4 is 6.21 Å². The summed E-state index contributed by atoms with van der Waals surface area (Å²) in [6.45, 7) is -0.178. The first-order valence-corrected chi connectivity index (χ1v) is 4.30. The molecule has 0 aliphatic heterocycles. The van der Waals surface area contributed by atoms with Crippen LogP contribution in [0.3, 0.4) is 0 Å². The topological polar surface area (TPSA) is 73.0 Å². The summed E-state index contributed by atoms with van der Waals surface area (Å²) in [5.74, 6) is 0.148. The number of nitrogens with zero attached hydrogens (tertiary/aromatic N) is 1. The minimum Gasteiger partial charge on any atom is -0.507 e. The van der Waals surface area contributed by atoms with Crippen LogP contribution in [0.15, 0.2) is 29.3 Å². The quantitative estimate of drug-likeness (QED) is 0.599. The van der Waals surface area contributed by atoms with E-state index in [2.05, 4.69) is 4.99 Å². The van der Waals surface area contributed by atoms with Gasteiger partial charge in [-0.2, -0.15) is 0 Å². The fourth-order valence-corrected chi connectivity index (χ4v) is 0.927. The number of hydrogen-bond donors (Lipinski definition) is 3. The molecular formula is C10H13NO3. The van der Waals surface area contributed by atoms with Gasteiger partial charge in [-0.05, 0) is 12.1 Å². The van der Waals surface area contributed by atoms with Gasteiger partial charge in [0.2, 0.25) is 0 Å². The van der Waals surface area contributed by atoms with Crippen LogP contribution in [0.4, 0.5) is 0 Å². The lowest BCUT2D eigenvalue weighted by Gasteiger charge is -2.01. The first-order valence-electron chi connectivity index (χ1n) is 4.30. The van der Waals surface area contributed by atoms with E-state index in [1.54, 1.807) is 24.3 Å². The molecule has 0 spiro atoms. The molecule has 76 valence electrons. The number of para-hydroxylation sites is 1. The molecule has 0 heterocycles. The molecule has 0 saturated carbocycles. The Morgan fingerprint density at radius 3 is 2.71 bits per heavy atom. The second-order valence-corrected chi connectivity index (χ2v) is 2.89. The van der Waals surface area contributed by atoms with Crippen LogP contribution in [-0.2, 0) is 0 Å². The molecule has 4 heteroatoms. The van der Waals surface area contributed by atoms with Crippen molar-refractivity contribution in [1.82, 2.24) is 0 Å². The molecule has 0 aliphatic carbocycles. The van der Waals surface area contributed by atoms with Crippen LogP contribution in [0, 0.1) is 0 Å². The number of benzene rings is 1. The van der Waals surface area contributed by atoms with E-state index < -0.39 is 6.10 Å². The first kappa shape index (κ1) is 10.7. The highest BCUT2D eigenvalue weighted by Crippen LogP contribution is 2.12. The fourth-order valence-electron chi connectivity index (χ4n) is 0.927. The van der Waals surface area contributed by atoms with E-state index in [-0.39, 0.29) is 18.9 Å². The third-order valence-electron chi connectivity index (χ3n) is 1.69. The van der Waals surface area contributed by atoms with E-state index in [9.17, 15) is 5.11 Å². The van der Waals surface area contributed by atoms with Gasteiger partial charge in [0, 0.05) is 11.8 Å². The largest absolute Gasteiger partial charge is 0.507 e. The van der Waals surface area contributed by atoms with Crippen molar-refractivity contribution in [2.24, 2.45) is 4.99 Å². The molecule has 4 nitrogen and oxygen atoms in total. The molecule has 0 saturated heterocycles. The summed E-state index contributed by atoms with van der Waals surface area (Å²) >= 11 is 0. The Labute approximate surface area is 82.2 Å². The zero-order valence-electron chi connectivity index (χ0n) is 7.67. The molecule has 0 aliphatic rings. The van der Waals surface area contributed by atoms with Gasteiger partial charge in [-0.25, -0.2) is 0 Å². The number of aliphatic hydroxyl groups is 2. The van der Waals surface area contributed by atoms with Gasteiger partial charge in [0.15, 0.2) is 0 Å². The number of hydrogen-bond acceptors (Lipinski definition) is 4. The average Bonchev–Trinajstić information content (AvgIpc) is 2.20. The van der Waals surface area contributed by atoms with Gasteiger partial charge < -0.3 is 15.3 Å². The molecule has 0 amide bonds. The van der Waals surface area contributed by atoms with Crippen LogP contribution < -0.4 is 0 Å².